The van der Waals surface area contributed by atoms with Crippen molar-refractivity contribution in [2.45, 2.75) is 55.1 Å². The molecular formula is C16H19NO2S. The molecule has 106 valence electrons. The van der Waals surface area contributed by atoms with Gasteiger partial charge in [0.1, 0.15) is 5.52 Å². The van der Waals surface area contributed by atoms with Gasteiger partial charge in [-0.3, -0.25) is 0 Å². The van der Waals surface area contributed by atoms with Crippen molar-refractivity contribution >= 4 is 22.9 Å². The first-order valence-corrected chi connectivity index (χ1v) is 8.32. The Morgan fingerprint density at radius 3 is 2.80 bits per heavy atom. The van der Waals surface area contributed by atoms with Crippen LogP contribution in [-0.4, -0.2) is 20.6 Å². The minimum Gasteiger partial charge on any atom is -0.441 e. The van der Waals surface area contributed by atoms with E-state index < -0.39 is 5.60 Å². The molecule has 0 radical (unpaired) electrons. The molecule has 1 aromatic carbocycles. The van der Waals surface area contributed by atoms with Gasteiger partial charge in [0.25, 0.3) is 0 Å². The molecule has 2 aromatic rings. The first-order chi connectivity index (χ1) is 9.62. The van der Waals surface area contributed by atoms with Crippen molar-refractivity contribution in [3.05, 3.63) is 29.7 Å². The number of aliphatic hydroxyl groups is 1. The molecule has 2 bridgehead atoms. The summed E-state index contributed by atoms with van der Waals surface area (Å²) >= 11 is 2.08. The van der Waals surface area contributed by atoms with Crippen LogP contribution in [0, 0.1) is 6.92 Å². The molecule has 0 saturated carbocycles. The first kappa shape index (κ1) is 12.7. The third kappa shape index (κ3) is 2.06. The van der Waals surface area contributed by atoms with Crippen molar-refractivity contribution in [2.24, 2.45) is 0 Å². The highest BCUT2D eigenvalue weighted by molar-refractivity contribution is 8.00. The van der Waals surface area contributed by atoms with E-state index in [1.165, 1.54) is 19.3 Å². The van der Waals surface area contributed by atoms with Gasteiger partial charge in [-0.1, -0.05) is 12.5 Å². The molecule has 2 fully saturated rings. The van der Waals surface area contributed by atoms with E-state index in [0.29, 0.717) is 16.4 Å². The van der Waals surface area contributed by atoms with Crippen LogP contribution in [0.4, 0.5) is 0 Å². The largest absolute Gasteiger partial charge is 0.441 e. The number of aryl methyl sites for hydroxylation is 1. The van der Waals surface area contributed by atoms with Gasteiger partial charge in [-0.2, -0.15) is 11.8 Å². The van der Waals surface area contributed by atoms with Crippen LogP contribution in [0.2, 0.25) is 0 Å². The average molecular weight is 289 g/mol. The molecule has 2 atom stereocenters. The van der Waals surface area contributed by atoms with Crippen molar-refractivity contribution in [1.29, 1.82) is 0 Å². The second-order valence-electron chi connectivity index (χ2n) is 6.17. The molecule has 2 aliphatic rings. The molecule has 3 nitrogen and oxygen atoms in total. The summed E-state index contributed by atoms with van der Waals surface area (Å²) in [6.07, 6.45) is 5.54. The number of nitrogens with zero attached hydrogens (tertiary/aromatic N) is 1. The smallest absolute Gasteiger partial charge is 0.192 e. The Kier molecular flexibility index (Phi) is 2.86. The molecule has 0 aliphatic carbocycles. The third-order valence-corrected chi connectivity index (χ3v) is 6.18. The Morgan fingerprint density at radius 2 is 2.05 bits per heavy atom. The SMILES string of the molecule is Cc1nc2ccc(C3(O)CC4CCCC(C3)S4)cc2o1. The van der Waals surface area contributed by atoms with Gasteiger partial charge in [-0.25, -0.2) is 4.98 Å². The van der Waals surface area contributed by atoms with Gasteiger partial charge in [0, 0.05) is 17.4 Å². The molecule has 2 aliphatic heterocycles. The summed E-state index contributed by atoms with van der Waals surface area (Å²) in [6, 6.07) is 5.98. The Hall–Kier alpha value is -1.00. The summed E-state index contributed by atoms with van der Waals surface area (Å²) < 4.78 is 5.61. The van der Waals surface area contributed by atoms with E-state index >= 15 is 0 Å². The van der Waals surface area contributed by atoms with Gasteiger partial charge >= 0.3 is 0 Å². The second-order valence-corrected chi connectivity index (χ2v) is 7.77. The first-order valence-electron chi connectivity index (χ1n) is 7.38. The quantitative estimate of drug-likeness (QED) is 0.868. The Bertz CT molecular complexity index is 639. The number of benzene rings is 1. The highest BCUT2D eigenvalue weighted by atomic mass is 32.2. The second kappa shape index (κ2) is 4.50. The lowest BCUT2D eigenvalue weighted by molar-refractivity contribution is 0.00818. The number of oxazole rings is 1. The van der Waals surface area contributed by atoms with Gasteiger partial charge in [0.2, 0.25) is 0 Å². The average Bonchev–Trinajstić information content (AvgIpc) is 2.77. The normalized spacial score (nSPS) is 33.5. The van der Waals surface area contributed by atoms with E-state index in [0.717, 1.165) is 29.5 Å². The highest BCUT2D eigenvalue weighted by Crippen LogP contribution is 2.49. The molecule has 2 unspecified atom stereocenters. The van der Waals surface area contributed by atoms with Crippen LogP contribution >= 0.6 is 11.8 Å². The van der Waals surface area contributed by atoms with E-state index in [4.69, 9.17) is 4.42 Å². The van der Waals surface area contributed by atoms with Crippen LogP contribution < -0.4 is 0 Å². The Morgan fingerprint density at radius 1 is 1.30 bits per heavy atom. The molecule has 4 heteroatoms. The van der Waals surface area contributed by atoms with Crippen molar-refractivity contribution in [3.63, 3.8) is 0 Å². The van der Waals surface area contributed by atoms with Crippen molar-refractivity contribution in [3.8, 4) is 0 Å². The van der Waals surface area contributed by atoms with Gasteiger partial charge in [-0.05, 0) is 43.4 Å². The third-order valence-electron chi connectivity index (χ3n) is 4.60. The van der Waals surface area contributed by atoms with Gasteiger partial charge in [-0.15, -0.1) is 0 Å². The summed E-state index contributed by atoms with van der Waals surface area (Å²) in [5, 5.41) is 12.4. The summed E-state index contributed by atoms with van der Waals surface area (Å²) in [5.41, 5.74) is 1.98. The molecule has 1 N–H and O–H groups in total. The summed E-state index contributed by atoms with van der Waals surface area (Å²) in [4.78, 5) is 4.33. The zero-order valence-corrected chi connectivity index (χ0v) is 12.4. The summed E-state index contributed by atoms with van der Waals surface area (Å²) in [7, 11) is 0. The highest BCUT2D eigenvalue weighted by Gasteiger charge is 2.42. The maximum atomic E-state index is 11.1. The number of aromatic nitrogens is 1. The minimum atomic E-state index is -0.685. The van der Waals surface area contributed by atoms with Crippen LogP contribution in [-0.2, 0) is 5.60 Å². The minimum absolute atomic E-state index is 0.611. The summed E-state index contributed by atoms with van der Waals surface area (Å²) in [5.74, 6) is 0.681. The van der Waals surface area contributed by atoms with Gasteiger partial charge in [0.05, 0.1) is 5.60 Å². The molecule has 20 heavy (non-hydrogen) atoms. The molecule has 0 amide bonds. The van der Waals surface area contributed by atoms with Crippen LogP contribution in [0.15, 0.2) is 22.6 Å². The van der Waals surface area contributed by atoms with Crippen molar-refractivity contribution < 1.29 is 9.52 Å². The van der Waals surface area contributed by atoms with Crippen molar-refractivity contribution in [2.75, 3.05) is 0 Å². The molecule has 0 spiro atoms. The molecular weight excluding hydrogens is 270 g/mol. The number of hydrogen-bond acceptors (Lipinski definition) is 4. The standard InChI is InChI=1S/C16H19NO2S/c1-10-17-14-6-5-11(7-15(14)19-10)16(18)8-12-3-2-4-13(9-16)20-12/h5-7,12-13,18H,2-4,8-9H2,1H3. The van der Waals surface area contributed by atoms with E-state index in [1.54, 1.807) is 0 Å². The number of fused-ring (bicyclic) bond motifs is 3. The van der Waals surface area contributed by atoms with Crippen LogP contribution in [0.25, 0.3) is 11.1 Å². The number of hydrogen-bond donors (Lipinski definition) is 1. The Balaban J connectivity index is 1.73. The van der Waals surface area contributed by atoms with E-state index in [9.17, 15) is 5.11 Å². The predicted molar refractivity (Wildman–Crippen MR) is 80.9 cm³/mol. The molecule has 2 saturated heterocycles. The molecule has 3 heterocycles. The van der Waals surface area contributed by atoms with E-state index in [2.05, 4.69) is 16.7 Å². The lowest BCUT2D eigenvalue weighted by Gasteiger charge is -2.44. The van der Waals surface area contributed by atoms with Gasteiger partial charge < -0.3 is 9.52 Å². The maximum Gasteiger partial charge on any atom is 0.192 e. The Labute approximate surface area is 122 Å². The number of rotatable bonds is 1. The van der Waals surface area contributed by atoms with Gasteiger partial charge in [0.15, 0.2) is 11.5 Å². The fourth-order valence-corrected chi connectivity index (χ4v) is 5.58. The lowest BCUT2D eigenvalue weighted by Crippen LogP contribution is -2.40. The number of thioether (sulfide) groups is 1. The van der Waals surface area contributed by atoms with Crippen LogP contribution in [0.1, 0.15) is 43.6 Å². The monoisotopic (exact) mass is 289 g/mol. The zero-order valence-electron chi connectivity index (χ0n) is 11.6. The zero-order chi connectivity index (χ0) is 13.7. The fourth-order valence-electron chi connectivity index (χ4n) is 3.68. The molecule has 4 rings (SSSR count). The predicted octanol–water partition coefficient (Wildman–Crippen LogP) is 3.77. The van der Waals surface area contributed by atoms with E-state index in [-0.39, 0.29) is 0 Å². The fraction of sp³-hybridized carbons (Fsp3) is 0.562. The van der Waals surface area contributed by atoms with Crippen LogP contribution in [0.5, 0.6) is 0 Å². The molecule has 1 aromatic heterocycles. The summed E-state index contributed by atoms with van der Waals surface area (Å²) in [6.45, 7) is 1.86. The topological polar surface area (TPSA) is 46.3 Å². The van der Waals surface area contributed by atoms with Crippen LogP contribution in [0.3, 0.4) is 0 Å². The van der Waals surface area contributed by atoms with E-state index in [1.807, 2.05) is 25.1 Å². The van der Waals surface area contributed by atoms with Crippen molar-refractivity contribution in [1.82, 2.24) is 4.98 Å². The maximum absolute atomic E-state index is 11.1. The lowest BCUT2D eigenvalue weighted by atomic mass is 9.80.